The molecule has 0 aliphatic carbocycles. The summed E-state index contributed by atoms with van der Waals surface area (Å²) >= 11 is 0. The van der Waals surface area contributed by atoms with Gasteiger partial charge in [-0.05, 0) is 26.0 Å². The number of fused-ring (bicyclic) bond motifs is 1. The molecule has 0 amide bonds. The molecule has 0 fully saturated rings. The largest absolute Gasteiger partial charge is 0.467 e. The van der Waals surface area contributed by atoms with Crippen molar-refractivity contribution < 1.29 is 9.53 Å². The van der Waals surface area contributed by atoms with Gasteiger partial charge in [-0.15, -0.1) is 0 Å². The number of esters is 1. The van der Waals surface area contributed by atoms with Crippen molar-refractivity contribution in [2.24, 2.45) is 0 Å². The predicted molar refractivity (Wildman–Crippen MR) is 71.6 cm³/mol. The van der Waals surface area contributed by atoms with Crippen LogP contribution in [0.2, 0.25) is 0 Å². The van der Waals surface area contributed by atoms with Gasteiger partial charge >= 0.3 is 5.97 Å². The van der Waals surface area contributed by atoms with Crippen molar-refractivity contribution in [1.82, 2.24) is 4.98 Å². The molecule has 1 heterocycles. The molecule has 0 saturated carbocycles. The van der Waals surface area contributed by atoms with Crippen LogP contribution < -0.4 is 5.32 Å². The Morgan fingerprint density at radius 3 is 2.83 bits per heavy atom. The second-order valence-corrected chi connectivity index (χ2v) is 4.22. The first-order chi connectivity index (χ1) is 8.61. The average molecular weight is 244 g/mol. The summed E-state index contributed by atoms with van der Waals surface area (Å²) in [4.78, 5) is 15.9. The van der Waals surface area contributed by atoms with Gasteiger partial charge in [-0.1, -0.05) is 18.2 Å². The molecule has 1 aromatic heterocycles. The number of carbonyl (C=O) groups is 1. The molecule has 1 atom stereocenters. The smallest absolute Gasteiger partial charge is 0.327 e. The van der Waals surface area contributed by atoms with E-state index < -0.39 is 0 Å². The van der Waals surface area contributed by atoms with Crippen molar-refractivity contribution in [1.29, 1.82) is 0 Å². The number of nitrogens with zero attached hydrogens (tertiary/aromatic N) is 1. The number of nitrogens with one attached hydrogen (secondary N) is 1. The Bertz CT molecular complexity index is 581. The molecule has 94 valence electrons. The zero-order valence-corrected chi connectivity index (χ0v) is 10.7. The van der Waals surface area contributed by atoms with Crippen LogP contribution in [-0.2, 0) is 9.53 Å². The van der Waals surface area contributed by atoms with E-state index in [1.165, 1.54) is 7.11 Å². The summed E-state index contributed by atoms with van der Waals surface area (Å²) in [5.41, 5.74) is 2.72. The maximum atomic E-state index is 11.4. The first kappa shape index (κ1) is 12.4. The van der Waals surface area contributed by atoms with Crippen molar-refractivity contribution in [2.75, 3.05) is 12.4 Å². The summed E-state index contributed by atoms with van der Waals surface area (Å²) in [6, 6.07) is 9.38. The topological polar surface area (TPSA) is 51.2 Å². The standard InChI is InChI=1S/C14H16N2O2/c1-9-8-13(16-10(2)14(17)18-3)11-6-4-5-7-12(11)15-9/h4-8,10H,1-3H3,(H,15,16). The Morgan fingerprint density at radius 1 is 1.39 bits per heavy atom. The van der Waals surface area contributed by atoms with E-state index in [9.17, 15) is 4.79 Å². The molecule has 2 rings (SSSR count). The van der Waals surface area contributed by atoms with E-state index in [1.807, 2.05) is 37.3 Å². The van der Waals surface area contributed by atoms with Crippen LogP contribution in [-0.4, -0.2) is 24.1 Å². The lowest BCUT2D eigenvalue weighted by molar-refractivity contribution is -0.141. The average Bonchev–Trinajstić information content (AvgIpc) is 2.37. The number of methoxy groups -OCH3 is 1. The number of benzene rings is 1. The summed E-state index contributed by atoms with van der Waals surface area (Å²) in [6.45, 7) is 3.71. The Balaban J connectivity index is 2.41. The fourth-order valence-corrected chi connectivity index (χ4v) is 1.90. The normalized spacial score (nSPS) is 12.2. The number of aromatic nitrogens is 1. The Hall–Kier alpha value is -2.10. The van der Waals surface area contributed by atoms with Gasteiger partial charge in [-0.3, -0.25) is 4.98 Å². The van der Waals surface area contributed by atoms with E-state index in [-0.39, 0.29) is 12.0 Å². The Labute approximate surface area is 106 Å². The number of anilines is 1. The molecule has 0 spiro atoms. The van der Waals surface area contributed by atoms with Crippen LogP contribution in [0.15, 0.2) is 30.3 Å². The maximum Gasteiger partial charge on any atom is 0.327 e. The fraction of sp³-hybridized carbons (Fsp3) is 0.286. The zero-order valence-electron chi connectivity index (χ0n) is 10.7. The minimum absolute atomic E-state index is 0.284. The van der Waals surface area contributed by atoms with Crippen LogP contribution >= 0.6 is 0 Å². The van der Waals surface area contributed by atoms with E-state index in [4.69, 9.17) is 4.74 Å². The van der Waals surface area contributed by atoms with E-state index in [2.05, 4.69) is 10.3 Å². The number of para-hydroxylation sites is 1. The fourth-order valence-electron chi connectivity index (χ4n) is 1.90. The van der Waals surface area contributed by atoms with Crippen molar-refractivity contribution in [3.05, 3.63) is 36.0 Å². The maximum absolute atomic E-state index is 11.4. The quantitative estimate of drug-likeness (QED) is 0.843. The first-order valence-electron chi connectivity index (χ1n) is 5.82. The highest BCUT2D eigenvalue weighted by Gasteiger charge is 2.14. The number of aryl methyl sites for hydroxylation is 1. The molecular formula is C14H16N2O2. The second-order valence-electron chi connectivity index (χ2n) is 4.22. The molecule has 0 saturated heterocycles. The van der Waals surface area contributed by atoms with Crippen LogP contribution in [0.4, 0.5) is 5.69 Å². The molecule has 0 radical (unpaired) electrons. The second kappa shape index (κ2) is 5.04. The molecular weight excluding hydrogens is 228 g/mol. The Morgan fingerprint density at radius 2 is 2.11 bits per heavy atom. The predicted octanol–water partition coefficient (Wildman–Crippen LogP) is 2.52. The van der Waals surface area contributed by atoms with Crippen molar-refractivity contribution in [3.63, 3.8) is 0 Å². The molecule has 18 heavy (non-hydrogen) atoms. The number of carbonyl (C=O) groups excluding carboxylic acids is 1. The number of hydrogen-bond acceptors (Lipinski definition) is 4. The first-order valence-corrected chi connectivity index (χ1v) is 5.82. The van der Waals surface area contributed by atoms with Gasteiger partial charge in [0.2, 0.25) is 0 Å². The Kier molecular flexibility index (Phi) is 3.46. The molecule has 0 aliphatic rings. The highest BCUT2D eigenvalue weighted by atomic mass is 16.5. The van der Waals surface area contributed by atoms with Gasteiger partial charge in [0.1, 0.15) is 6.04 Å². The summed E-state index contributed by atoms with van der Waals surface area (Å²) in [7, 11) is 1.39. The minimum atomic E-state index is -0.389. The molecule has 1 aromatic carbocycles. The van der Waals surface area contributed by atoms with Gasteiger partial charge in [-0.25, -0.2) is 4.79 Å². The van der Waals surface area contributed by atoms with Crippen LogP contribution in [0.3, 0.4) is 0 Å². The van der Waals surface area contributed by atoms with Gasteiger partial charge in [0.25, 0.3) is 0 Å². The number of ether oxygens (including phenoxy) is 1. The molecule has 4 nitrogen and oxygen atoms in total. The third-order valence-electron chi connectivity index (χ3n) is 2.77. The van der Waals surface area contributed by atoms with E-state index in [0.29, 0.717) is 0 Å². The summed E-state index contributed by atoms with van der Waals surface area (Å²) in [6.07, 6.45) is 0. The highest BCUT2D eigenvalue weighted by Crippen LogP contribution is 2.23. The third-order valence-corrected chi connectivity index (χ3v) is 2.77. The number of pyridine rings is 1. The SMILES string of the molecule is COC(=O)C(C)Nc1cc(C)nc2ccccc12. The molecule has 4 heteroatoms. The minimum Gasteiger partial charge on any atom is -0.467 e. The van der Waals surface area contributed by atoms with Gasteiger partial charge < -0.3 is 10.1 Å². The summed E-state index contributed by atoms with van der Waals surface area (Å²) in [5, 5.41) is 4.16. The van der Waals surface area contributed by atoms with Crippen LogP contribution in [0.5, 0.6) is 0 Å². The van der Waals surface area contributed by atoms with E-state index in [1.54, 1.807) is 6.92 Å². The number of hydrogen-bond donors (Lipinski definition) is 1. The van der Waals surface area contributed by atoms with Gasteiger partial charge in [0.05, 0.1) is 12.6 Å². The molecule has 0 bridgehead atoms. The van der Waals surface area contributed by atoms with Crippen molar-refractivity contribution >= 4 is 22.6 Å². The molecule has 2 aromatic rings. The van der Waals surface area contributed by atoms with Crippen molar-refractivity contribution in [3.8, 4) is 0 Å². The van der Waals surface area contributed by atoms with E-state index >= 15 is 0 Å². The monoisotopic (exact) mass is 244 g/mol. The molecule has 1 unspecified atom stereocenters. The van der Waals surface area contributed by atoms with Crippen LogP contribution in [0.25, 0.3) is 10.9 Å². The molecule has 0 aliphatic heterocycles. The molecule has 1 N–H and O–H groups in total. The summed E-state index contributed by atoms with van der Waals surface area (Å²) < 4.78 is 4.71. The van der Waals surface area contributed by atoms with Crippen LogP contribution in [0, 0.1) is 6.92 Å². The highest BCUT2D eigenvalue weighted by molar-refractivity contribution is 5.93. The van der Waals surface area contributed by atoms with E-state index in [0.717, 1.165) is 22.3 Å². The lowest BCUT2D eigenvalue weighted by Crippen LogP contribution is -2.27. The summed E-state index contributed by atoms with van der Waals surface area (Å²) in [5.74, 6) is -0.284. The van der Waals surface area contributed by atoms with Gasteiger partial charge in [0, 0.05) is 16.8 Å². The van der Waals surface area contributed by atoms with Crippen LogP contribution in [0.1, 0.15) is 12.6 Å². The van der Waals surface area contributed by atoms with Gasteiger partial charge in [0.15, 0.2) is 0 Å². The lowest BCUT2D eigenvalue weighted by Gasteiger charge is -2.15. The lowest BCUT2D eigenvalue weighted by atomic mass is 10.1. The third kappa shape index (κ3) is 2.42. The zero-order chi connectivity index (χ0) is 13.1. The van der Waals surface area contributed by atoms with Crippen molar-refractivity contribution in [2.45, 2.75) is 19.9 Å². The number of rotatable bonds is 3. The van der Waals surface area contributed by atoms with Gasteiger partial charge in [-0.2, -0.15) is 0 Å².